The minimum Gasteiger partial charge on any atom is -0.289 e. The van der Waals surface area contributed by atoms with Gasteiger partial charge in [0.2, 0.25) is 0 Å². The number of benzene rings is 2. The lowest BCUT2D eigenvalue weighted by molar-refractivity contribution is 0.104. The summed E-state index contributed by atoms with van der Waals surface area (Å²) < 4.78 is 0. The molecule has 0 amide bonds. The van der Waals surface area contributed by atoms with Gasteiger partial charge in [0.25, 0.3) is 0 Å². The highest BCUT2D eigenvalue weighted by Gasteiger charge is 2.35. The van der Waals surface area contributed by atoms with Gasteiger partial charge in [-0.3, -0.25) is 9.59 Å². The highest BCUT2D eigenvalue weighted by molar-refractivity contribution is 7.90. The molecule has 2 nitrogen and oxygen atoms in total. The second kappa shape index (κ2) is 22.9. The Morgan fingerprint density at radius 1 is 0.531 bits per heavy atom. The first-order chi connectivity index (χ1) is 23.4. The number of hydrogen-bond acceptors (Lipinski definition) is 2. The molecule has 3 heteroatoms. The van der Waals surface area contributed by atoms with Crippen LogP contribution in [-0.4, -0.2) is 17.2 Å². The van der Waals surface area contributed by atoms with Crippen molar-refractivity contribution in [2.45, 2.75) is 191 Å². The van der Waals surface area contributed by atoms with E-state index in [-0.39, 0.29) is 16.5 Å². The number of rotatable bonds is 25. The highest BCUT2D eigenvalue weighted by Crippen LogP contribution is 2.49. The van der Waals surface area contributed by atoms with E-state index in [1.165, 1.54) is 59.1 Å². The molecule has 0 bridgehead atoms. The summed E-state index contributed by atoms with van der Waals surface area (Å²) in [5, 5.41) is 0. The van der Waals surface area contributed by atoms with Crippen LogP contribution >= 0.6 is 7.92 Å². The minimum absolute atomic E-state index is 0.144. The molecule has 0 aromatic heterocycles. The molecule has 1 atom stereocenters. The van der Waals surface area contributed by atoms with Gasteiger partial charge in [-0.25, -0.2) is 0 Å². The Labute approximate surface area is 305 Å². The summed E-state index contributed by atoms with van der Waals surface area (Å²) in [4.78, 5) is 30.8. The lowest BCUT2D eigenvalue weighted by Gasteiger charge is -2.28. The summed E-state index contributed by atoms with van der Waals surface area (Å²) in [6.07, 6.45) is 20.8. The molecule has 2 aromatic rings. The Hall–Kier alpha value is -1.79. The number of carbonyl (C=O) groups excluding carboxylic acids is 2. The highest BCUT2D eigenvalue weighted by atomic mass is 31.1. The Bertz CT molecular complexity index is 1140. The first-order valence-corrected chi connectivity index (χ1v) is 22.1. The van der Waals surface area contributed by atoms with E-state index in [1.54, 1.807) is 0 Å². The molecule has 276 valence electrons. The van der Waals surface area contributed by atoms with Crippen LogP contribution in [0.25, 0.3) is 0 Å². The maximum absolute atomic E-state index is 15.4. The zero-order valence-electron chi connectivity index (χ0n) is 33.8. The van der Waals surface area contributed by atoms with E-state index in [0.717, 1.165) is 107 Å². The lowest BCUT2D eigenvalue weighted by atomic mass is 9.86. The van der Waals surface area contributed by atoms with E-state index in [0.29, 0.717) is 12.1 Å². The van der Waals surface area contributed by atoms with E-state index in [9.17, 15) is 0 Å². The molecule has 0 heterocycles. The molecule has 0 N–H and O–H groups in total. The Kier molecular flexibility index (Phi) is 20.3. The third kappa shape index (κ3) is 14.4. The summed E-state index contributed by atoms with van der Waals surface area (Å²) in [6.45, 7) is 22.6. The monoisotopic (exact) mass is 691 g/mol. The fraction of sp³-hybridized carbons (Fsp3) is 0.696. The Morgan fingerprint density at radius 2 is 0.816 bits per heavy atom. The van der Waals surface area contributed by atoms with Crippen LogP contribution in [0.2, 0.25) is 0 Å². The van der Waals surface area contributed by atoms with Gasteiger partial charge in [-0.15, -0.1) is 0 Å². The topological polar surface area (TPSA) is 34.1 Å². The molecular formula is C46H75O2P. The molecule has 0 saturated heterocycles. The lowest BCUT2D eigenvalue weighted by Crippen LogP contribution is -2.21. The molecule has 0 aliphatic rings. The number of carbonyl (C=O) groups is 2. The van der Waals surface area contributed by atoms with Crippen molar-refractivity contribution in [2.75, 3.05) is 6.16 Å². The third-order valence-corrected chi connectivity index (χ3v) is 12.3. The minimum atomic E-state index is -1.57. The van der Waals surface area contributed by atoms with Crippen LogP contribution in [0.3, 0.4) is 0 Å². The largest absolute Gasteiger partial charge is 0.289 e. The maximum Gasteiger partial charge on any atom is 0.192 e. The molecule has 0 radical (unpaired) electrons. The van der Waals surface area contributed by atoms with Gasteiger partial charge in [-0.05, 0) is 134 Å². The fourth-order valence-corrected chi connectivity index (χ4v) is 9.87. The third-order valence-electron chi connectivity index (χ3n) is 9.93. The van der Waals surface area contributed by atoms with Crippen molar-refractivity contribution >= 4 is 19.0 Å². The predicted molar refractivity (Wildman–Crippen MR) is 218 cm³/mol. The first-order valence-electron chi connectivity index (χ1n) is 20.6. The van der Waals surface area contributed by atoms with Crippen LogP contribution in [0.4, 0.5) is 0 Å². The molecule has 0 aliphatic carbocycles. The summed E-state index contributed by atoms with van der Waals surface area (Å²) >= 11 is 0. The molecule has 0 fully saturated rings. The average Bonchev–Trinajstić information content (AvgIpc) is 3.06. The van der Waals surface area contributed by atoms with E-state index in [2.05, 4.69) is 93.5 Å². The normalized spacial score (nSPS) is 12.6. The molecule has 0 saturated carbocycles. The summed E-state index contributed by atoms with van der Waals surface area (Å²) in [5.41, 5.74) is 9.92. The van der Waals surface area contributed by atoms with E-state index in [4.69, 9.17) is 0 Å². The zero-order chi connectivity index (χ0) is 36.4. The predicted octanol–water partition coefficient (Wildman–Crippen LogP) is 14.3. The Balaban J connectivity index is 2.89. The molecule has 0 spiro atoms. The Morgan fingerprint density at radius 3 is 1.08 bits per heavy atom. The standard InChI is InChI=1S/C46H75O2P/c1-11-17-23-36-29-38(25-19-13-3)42(39(30-36)26-20-14-4)44(47)49(34-35(7)33-46(8,9)10)45(48)43-40(27-21-15-5)31-37(24-18-12-2)32-41(43)28-22-16-6/h29-32,35H,11-28,33-34H2,1-10H3. The second-order valence-corrected chi connectivity index (χ2v) is 18.3. The van der Waals surface area contributed by atoms with Crippen molar-refractivity contribution in [3.8, 4) is 0 Å². The molecule has 2 aromatic carbocycles. The molecular weight excluding hydrogens is 615 g/mol. The van der Waals surface area contributed by atoms with Crippen molar-refractivity contribution in [3.05, 3.63) is 68.8 Å². The molecule has 49 heavy (non-hydrogen) atoms. The van der Waals surface area contributed by atoms with Gasteiger partial charge in [0.1, 0.15) is 0 Å². The van der Waals surface area contributed by atoms with Crippen LogP contribution in [0.5, 0.6) is 0 Å². The smallest absolute Gasteiger partial charge is 0.192 e. The first kappa shape index (κ1) is 43.4. The van der Waals surface area contributed by atoms with E-state index >= 15 is 9.59 Å². The van der Waals surface area contributed by atoms with Crippen LogP contribution in [0, 0.1) is 11.3 Å². The van der Waals surface area contributed by atoms with Gasteiger partial charge in [-0.1, -0.05) is 132 Å². The van der Waals surface area contributed by atoms with E-state index < -0.39 is 7.92 Å². The SMILES string of the molecule is CCCCc1cc(CCCC)c(C(=O)P(CC(C)CC(C)(C)C)C(=O)c2c(CCCC)cc(CCCC)cc2CCCC)c(CCCC)c1. The summed E-state index contributed by atoms with van der Waals surface area (Å²) in [6, 6.07) is 9.41. The van der Waals surface area contributed by atoms with Gasteiger partial charge >= 0.3 is 0 Å². The summed E-state index contributed by atoms with van der Waals surface area (Å²) in [7, 11) is -1.57. The fourth-order valence-electron chi connectivity index (χ4n) is 7.49. The van der Waals surface area contributed by atoms with Gasteiger partial charge < -0.3 is 0 Å². The van der Waals surface area contributed by atoms with Crippen molar-refractivity contribution in [3.63, 3.8) is 0 Å². The van der Waals surface area contributed by atoms with Gasteiger partial charge in [0.05, 0.1) is 0 Å². The van der Waals surface area contributed by atoms with Crippen molar-refractivity contribution < 1.29 is 9.59 Å². The van der Waals surface area contributed by atoms with Crippen LogP contribution in [0.1, 0.15) is 207 Å². The van der Waals surface area contributed by atoms with Crippen molar-refractivity contribution in [1.29, 1.82) is 0 Å². The van der Waals surface area contributed by atoms with E-state index in [1.807, 2.05) is 0 Å². The summed E-state index contributed by atoms with van der Waals surface area (Å²) in [5.74, 6) is 0.294. The van der Waals surface area contributed by atoms with Crippen LogP contribution < -0.4 is 0 Å². The van der Waals surface area contributed by atoms with Crippen molar-refractivity contribution in [1.82, 2.24) is 0 Å². The van der Waals surface area contributed by atoms with Gasteiger partial charge in [-0.2, -0.15) is 0 Å². The van der Waals surface area contributed by atoms with Crippen molar-refractivity contribution in [2.24, 2.45) is 11.3 Å². The second-order valence-electron chi connectivity index (χ2n) is 16.3. The molecule has 2 rings (SSSR count). The number of hydrogen-bond donors (Lipinski definition) is 0. The zero-order valence-corrected chi connectivity index (χ0v) is 34.7. The molecule has 1 unspecified atom stereocenters. The maximum atomic E-state index is 15.4. The number of aryl methyl sites for hydroxylation is 6. The quantitative estimate of drug-likeness (QED) is 0.0972. The number of unbranched alkanes of at least 4 members (excludes halogenated alkanes) is 6. The average molecular weight is 691 g/mol. The van der Waals surface area contributed by atoms with Gasteiger partial charge in [0.15, 0.2) is 11.0 Å². The van der Waals surface area contributed by atoms with Crippen LogP contribution in [-0.2, 0) is 38.5 Å². The van der Waals surface area contributed by atoms with Gasteiger partial charge in [0, 0.05) is 19.0 Å². The molecule has 0 aliphatic heterocycles. The van der Waals surface area contributed by atoms with Crippen LogP contribution in [0.15, 0.2) is 24.3 Å².